The van der Waals surface area contributed by atoms with Crippen LogP contribution in [0.3, 0.4) is 0 Å². The van der Waals surface area contributed by atoms with E-state index in [1.807, 2.05) is 25.7 Å². The summed E-state index contributed by atoms with van der Waals surface area (Å²) in [5.41, 5.74) is 4.84. The Labute approximate surface area is 108 Å². The van der Waals surface area contributed by atoms with Crippen molar-refractivity contribution in [3.8, 4) is 0 Å². The van der Waals surface area contributed by atoms with Crippen LogP contribution in [0.5, 0.6) is 0 Å². The highest BCUT2D eigenvalue weighted by Gasteiger charge is 2.41. The summed E-state index contributed by atoms with van der Waals surface area (Å²) in [5.74, 6) is 0.0567. The molecule has 1 unspecified atom stereocenters. The normalized spacial score (nSPS) is 24.0. The molecule has 0 bridgehead atoms. The Morgan fingerprint density at radius 2 is 2.24 bits per heavy atom. The highest BCUT2D eigenvalue weighted by molar-refractivity contribution is 7.80. The molecule has 0 spiro atoms. The Kier molecular flexibility index (Phi) is 4.89. The average Bonchev–Trinajstić information content (AvgIpc) is 2.65. The standard InChI is InChI=1S/C12H22N2O2S/c1-9(2)14(7-5-10(13)17)11(15)12(3)6-4-8-16-12/h9H,4-8H2,1-3H3,(H2,13,17). The van der Waals surface area contributed by atoms with E-state index >= 15 is 0 Å². The smallest absolute Gasteiger partial charge is 0.254 e. The number of amides is 1. The van der Waals surface area contributed by atoms with E-state index < -0.39 is 5.60 Å². The molecule has 0 aromatic rings. The van der Waals surface area contributed by atoms with Crippen LogP contribution in [0.4, 0.5) is 0 Å². The summed E-state index contributed by atoms with van der Waals surface area (Å²) >= 11 is 4.86. The first kappa shape index (κ1) is 14.4. The number of nitrogens with zero attached hydrogens (tertiary/aromatic N) is 1. The molecule has 1 aliphatic rings. The number of nitrogens with two attached hydrogens (primary N) is 1. The lowest BCUT2D eigenvalue weighted by atomic mass is 10.00. The van der Waals surface area contributed by atoms with Crippen molar-refractivity contribution in [3.63, 3.8) is 0 Å². The third-order valence-electron chi connectivity index (χ3n) is 3.15. The third kappa shape index (κ3) is 3.64. The fraction of sp³-hybridized carbons (Fsp3) is 0.833. The molecule has 1 rings (SSSR count). The minimum atomic E-state index is -0.652. The quantitative estimate of drug-likeness (QED) is 0.759. The first-order valence-corrected chi connectivity index (χ1v) is 6.51. The van der Waals surface area contributed by atoms with Gasteiger partial charge < -0.3 is 15.4 Å². The lowest BCUT2D eigenvalue weighted by Gasteiger charge is -2.33. The van der Waals surface area contributed by atoms with Crippen LogP contribution in [-0.2, 0) is 9.53 Å². The number of carbonyl (C=O) groups is 1. The van der Waals surface area contributed by atoms with Gasteiger partial charge in [-0.25, -0.2) is 0 Å². The molecule has 1 amide bonds. The highest BCUT2D eigenvalue weighted by atomic mass is 32.1. The first-order valence-electron chi connectivity index (χ1n) is 6.10. The summed E-state index contributed by atoms with van der Waals surface area (Å²) in [5, 5.41) is 0. The molecular weight excluding hydrogens is 236 g/mol. The average molecular weight is 258 g/mol. The summed E-state index contributed by atoms with van der Waals surface area (Å²) in [6.45, 7) is 7.11. The van der Waals surface area contributed by atoms with Gasteiger partial charge in [0, 0.05) is 25.6 Å². The van der Waals surface area contributed by atoms with E-state index in [9.17, 15) is 4.79 Å². The molecule has 17 heavy (non-hydrogen) atoms. The van der Waals surface area contributed by atoms with Crippen molar-refractivity contribution >= 4 is 23.1 Å². The van der Waals surface area contributed by atoms with Crippen molar-refractivity contribution in [3.05, 3.63) is 0 Å². The fourth-order valence-electron chi connectivity index (χ4n) is 2.08. The summed E-state index contributed by atoms with van der Waals surface area (Å²) in [6.07, 6.45) is 2.31. The zero-order valence-electron chi connectivity index (χ0n) is 10.9. The van der Waals surface area contributed by atoms with Crippen molar-refractivity contribution < 1.29 is 9.53 Å². The van der Waals surface area contributed by atoms with Gasteiger partial charge in [-0.2, -0.15) is 0 Å². The molecule has 1 heterocycles. The zero-order valence-corrected chi connectivity index (χ0v) is 11.7. The Hall–Kier alpha value is -0.680. The maximum absolute atomic E-state index is 12.4. The Bertz CT molecular complexity index is 299. The van der Waals surface area contributed by atoms with Gasteiger partial charge in [-0.15, -0.1) is 0 Å². The van der Waals surface area contributed by atoms with Crippen molar-refractivity contribution in [2.45, 2.75) is 51.7 Å². The van der Waals surface area contributed by atoms with Crippen LogP contribution < -0.4 is 5.73 Å². The molecule has 4 nitrogen and oxygen atoms in total. The van der Waals surface area contributed by atoms with Gasteiger partial charge in [0.2, 0.25) is 0 Å². The maximum atomic E-state index is 12.4. The Balaban J connectivity index is 2.69. The molecule has 1 fully saturated rings. The molecule has 1 atom stereocenters. The third-order valence-corrected chi connectivity index (χ3v) is 3.36. The van der Waals surface area contributed by atoms with E-state index in [1.54, 1.807) is 0 Å². The van der Waals surface area contributed by atoms with Crippen LogP contribution >= 0.6 is 12.2 Å². The summed E-state index contributed by atoms with van der Waals surface area (Å²) < 4.78 is 5.58. The van der Waals surface area contributed by atoms with Gasteiger partial charge in [-0.05, 0) is 33.6 Å². The van der Waals surface area contributed by atoms with Gasteiger partial charge in [-0.3, -0.25) is 4.79 Å². The van der Waals surface area contributed by atoms with Crippen molar-refractivity contribution in [1.82, 2.24) is 4.90 Å². The lowest BCUT2D eigenvalue weighted by molar-refractivity contribution is -0.152. The molecule has 1 aliphatic heterocycles. The van der Waals surface area contributed by atoms with Gasteiger partial charge >= 0.3 is 0 Å². The van der Waals surface area contributed by atoms with E-state index in [4.69, 9.17) is 22.7 Å². The molecule has 2 N–H and O–H groups in total. The number of carbonyl (C=O) groups excluding carboxylic acids is 1. The largest absolute Gasteiger partial charge is 0.393 e. The van der Waals surface area contributed by atoms with E-state index in [0.717, 1.165) is 12.8 Å². The number of hydrogen-bond acceptors (Lipinski definition) is 3. The molecule has 0 aromatic carbocycles. The number of ether oxygens (including phenoxy) is 1. The minimum Gasteiger partial charge on any atom is -0.393 e. The minimum absolute atomic E-state index is 0.0567. The Morgan fingerprint density at radius 3 is 2.65 bits per heavy atom. The summed E-state index contributed by atoms with van der Waals surface area (Å²) in [7, 11) is 0. The highest BCUT2D eigenvalue weighted by Crippen LogP contribution is 2.28. The van der Waals surface area contributed by atoms with E-state index in [1.165, 1.54) is 0 Å². The van der Waals surface area contributed by atoms with Crippen molar-refractivity contribution in [2.24, 2.45) is 5.73 Å². The predicted octanol–water partition coefficient (Wildman–Crippen LogP) is 1.47. The predicted molar refractivity (Wildman–Crippen MR) is 71.8 cm³/mol. The monoisotopic (exact) mass is 258 g/mol. The second kappa shape index (κ2) is 5.78. The van der Waals surface area contributed by atoms with E-state index in [-0.39, 0.29) is 11.9 Å². The maximum Gasteiger partial charge on any atom is 0.254 e. The van der Waals surface area contributed by atoms with Crippen molar-refractivity contribution in [1.29, 1.82) is 0 Å². The first-order chi connectivity index (χ1) is 7.87. The second-order valence-corrected chi connectivity index (χ2v) is 5.52. The van der Waals surface area contributed by atoms with Crippen LogP contribution in [-0.4, -0.2) is 40.6 Å². The van der Waals surface area contributed by atoms with Crippen LogP contribution in [0.2, 0.25) is 0 Å². The molecule has 0 saturated carbocycles. The van der Waals surface area contributed by atoms with Gasteiger partial charge in [-0.1, -0.05) is 12.2 Å². The number of hydrogen-bond donors (Lipinski definition) is 1. The van der Waals surface area contributed by atoms with Gasteiger partial charge in [0.05, 0.1) is 4.99 Å². The fourth-order valence-corrected chi connectivity index (χ4v) is 2.17. The lowest BCUT2D eigenvalue weighted by Crippen LogP contribution is -2.50. The molecule has 98 valence electrons. The second-order valence-electron chi connectivity index (χ2n) is 4.99. The number of rotatable bonds is 5. The van der Waals surface area contributed by atoms with Crippen molar-refractivity contribution in [2.75, 3.05) is 13.2 Å². The van der Waals surface area contributed by atoms with Gasteiger partial charge in [0.25, 0.3) is 5.91 Å². The SMILES string of the molecule is CC(C)N(CCC(N)=S)C(=O)C1(C)CCCO1. The van der Waals surface area contributed by atoms with Gasteiger partial charge in [0.15, 0.2) is 0 Å². The molecule has 1 saturated heterocycles. The van der Waals surface area contributed by atoms with Crippen LogP contribution in [0.1, 0.15) is 40.0 Å². The Morgan fingerprint density at radius 1 is 1.59 bits per heavy atom. The molecule has 0 aromatic heterocycles. The van der Waals surface area contributed by atoms with Crippen LogP contribution in [0.25, 0.3) is 0 Å². The summed E-state index contributed by atoms with van der Waals surface area (Å²) in [4.78, 5) is 14.7. The van der Waals surface area contributed by atoms with Crippen LogP contribution in [0, 0.1) is 0 Å². The van der Waals surface area contributed by atoms with E-state index in [2.05, 4.69) is 0 Å². The number of thiocarbonyl (C=S) groups is 1. The van der Waals surface area contributed by atoms with E-state index in [0.29, 0.717) is 24.6 Å². The van der Waals surface area contributed by atoms with Crippen LogP contribution in [0.15, 0.2) is 0 Å². The molecule has 0 aliphatic carbocycles. The topological polar surface area (TPSA) is 55.6 Å². The molecule has 5 heteroatoms. The zero-order chi connectivity index (χ0) is 13.1. The van der Waals surface area contributed by atoms with Gasteiger partial charge in [0.1, 0.15) is 5.60 Å². The molecule has 0 radical (unpaired) electrons. The summed E-state index contributed by atoms with van der Waals surface area (Å²) in [6, 6.07) is 0.137. The molecular formula is C12H22N2O2S.